The third-order valence-electron chi connectivity index (χ3n) is 7.03. The molecule has 0 amide bonds. The molecule has 0 bridgehead atoms. The maximum Gasteiger partial charge on any atom is 0.187 e. The van der Waals surface area contributed by atoms with E-state index in [9.17, 15) is 15.0 Å². The summed E-state index contributed by atoms with van der Waals surface area (Å²) >= 11 is 0. The summed E-state index contributed by atoms with van der Waals surface area (Å²) in [5.41, 5.74) is 9.65. The monoisotopic (exact) mass is 449 g/mol. The molecule has 8 nitrogen and oxygen atoms in total. The molecule has 174 valence electrons. The maximum atomic E-state index is 13.3. The second kappa shape index (κ2) is 8.68. The zero-order valence-electron chi connectivity index (χ0n) is 19.5. The van der Waals surface area contributed by atoms with Gasteiger partial charge in [0.1, 0.15) is 5.69 Å². The molecule has 3 aromatic rings. The number of rotatable bonds is 5. The Morgan fingerprint density at radius 2 is 2.06 bits per heavy atom. The van der Waals surface area contributed by atoms with Crippen LogP contribution in [0, 0.1) is 12.8 Å². The van der Waals surface area contributed by atoms with Gasteiger partial charge in [0.05, 0.1) is 28.8 Å². The molecule has 1 saturated carbocycles. The van der Waals surface area contributed by atoms with Crippen LogP contribution < -0.4 is 5.73 Å². The van der Waals surface area contributed by atoms with Gasteiger partial charge in [0.15, 0.2) is 5.78 Å². The third kappa shape index (κ3) is 4.41. The first-order chi connectivity index (χ1) is 15.6. The summed E-state index contributed by atoms with van der Waals surface area (Å²) < 4.78 is 1.71. The maximum absolute atomic E-state index is 13.3. The average Bonchev–Trinajstić information content (AvgIpc) is 3.10. The molecule has 4 rings (SSSR count). The summed E-state index contributed by atoms with van der Waals surface area (Å²) in [4.78, 5) is 22.1. The van der Waals surface area contributed by atoms with Crippen molar-refractivity contribution in [2.24, 2.45) is 13.0 Å². The first-order valence-electron chi connectivity index (χ1n) is 11.2. The fourth-order valence-electron chi connectivity index (χ4n) is 4.79. The van der Waals surface area contributed by atoms with Crippen molar-refractivity contribution in [1.82, 2.24) is 19.7 Å². The van der Waals surface area contributed by atoms with Gasteiger partial charge >= 0.3 is 0 Å². The van der Waals surface area contributed by atoms with Crippen molar-refractivity contribution in [2.45, 2.75) is 57.7 Å². The molecule has 0 radical (unpaired) electrons. The second-order valence-electron chi connectivity index (χ2n) is 9.42. The Labute approximate surface area is 193 Å². The van der Waals surface area contributed by atoms with Crippen LogP contribution in [0.4, 0.5) is 5.69 Å². The highest BCUT2D eigenvalue weighted by Crippen LogP contribution is 2.42. The van der Waals surface area contributed by atoms with Gasteiger partial charge in [0.25, 0.3) is 0 Å². The van der Waals surface area contributed by atoms with E-state index >= 15 is 0 Å². The number of nitrogens with two attached hydrogens (primary N) is 1. The van der Waals surface area contributed by atoms with Crippen molar-refractivity contribution < 1.29 is 15.0 Å². The molecule has 0 aliphatic heterocycles. The summed E-state index contributed by atoms with van der Waals surface area (Å²) in [6, 6.07) is 5.40. The van der Waals surface area contributed by atoms with Crippen molar-refractivity contribution >= 4 is 11.5 Å². The minimum Gasteiger partial charge on any atom is -0.397 e. The number of pyridine rings is 2. The molecule has 4 atom stereocenters. The average molecular weight is 450 g/mol. The van der Waals surface area contributed by atoms with Gasteiger partial charge in [0, 0.05) is 37.6 Å². The molecule has 33 heavy (non-hydrogen) atoms. The Morgan fingerprint density at radius 1 is 1.30 bits per heavy atom. The van der Waals surface area contributed by atoms with Crippen LogP contribution in [-0.4, -0.2) is 47.4 Å². The van der Waals surface area contributed by atoms with Crippen LogP contribution in [-0.2, 0) is 13.5 Å². The highest BCUT2D eigenvalue weighted by atomic mass is 16.3. The Hall–Kier alpha value is -3.10. The number of ketones is 1. The van der Waals surface area contributed by atoms with Gasteiger partial charge in [-0.1, -0.05) is 6.92 Å². The fraction of sp³-hybridized carbons (Fsp3) is 0.440. The summed E-state index contributed by atoms with van der Waals surface area (Å²) in [6.07, 6.45) is 5.68. The van der Waals surface area contributed by atoms with E-state index in [0.29, 0.717) is 24.2 Å². The molecule has 3 aromatic heterocycles. The van der Waals surface area contributed by atoms with Crippen molar-refractivity contribution in [3.05, 3.63) is 59.3 Å². The number of anilines is 1. The number of aromatic nitrogens is 4. The van der Waals surface area contributed by atoms with E-state index in [1.807, 2.05) is 33.2 Å². The molecule has 1 fully saturated rings. The van der Waals surface area contributed by atoms with Crippen LogP contribution in [0.15, 0.2) is 36.8 Å². The molecule has 3 heterocycles. The molecular formula is C25H31N5O3. The number of hydrogen-bond donors (Lipinski definition) is 3. The summed E-state index contributed by atoms with van der Waals surface area (Å²) in [5.74, 6) is -0.253. The SMILES string of the molecule is Cc1nn(C)cc1-c1ccc(N)c(C(=O)Cc2cnccc2[C@H]2C[C@@H](O)[C@](C)(O)[C@@H](C)C2)n1. The number of aliphatic hydroxyl groups excluding tert-OH is 1. The molecular weight excluding hydrogens is 418 g/mol. The lowest BCUT2D eigenvalue weighted by Gasteiger charge is -2.43. The Balaban J connectivity index is 1.62. The number of aliphatic hydroxyl groups is 2. The molecule has 1 aliphatic rings. The van der Waals surface area contributed by atoms with E-state index in [1.54, 1.807) is 36.1 Å². The van der Waals surface area contributed by atoms with Gasteiger partial charge in [-0.05, 0) is 67.9 Å². The predicted molar refractivity (Wildman–Crippen MR) is 126 cm³/mol. The van der Waals surface area contributed by atoms with Crippen LogP contribution in [0.1, 0.15) is 59.9 Å². The van der Waals surface area contributed by atoms with Crippen molar-refractivity contribution in [3.63, 3.8) is 0 Å². The number of aryl methyl sites for hydroxylation is 2. The molecule has 0 spiro atoms. The van der Waals surface area contributed by atoms with Crippen molar-refractivity contribution in [2.75, 3.05) is 5.73 Å². The number of carbonyl (C=O) groups excluding carboxylic acids is 1. The lowest BCUT2D eigenvalue weighted by molar-refractivity contribution is -0.123. The molecule has 1 aliphatic carbocycles. The zero-order chi connectivity index (χ0) is 23.9. The standard InChI is InChI=1S/C25H31N5O3/c1-14-9-16(11-23(32)25(14,3)33)18-7-8-27-12-17(18)10-22(31)24-20(26)5-6-21(28-24)19-13-30(4)29-15(19)2/h5-8,12-14,16,23,32-33H,9-11,26H2,1-4H3/t14-,16+,23+,25+/m0/s1. The topological polar surface area (TPSA) is 127 Å². The summed E-state index contributed by atoms with van der Waals surface area (Å²) in [6.45, 7) is 5.52. The number of nitrogens with zero attached hydrogens (tertiary/aromatic N) is 4. The molecule has 4 N–H and O–H groups in total. The number of nitrogen functional groups attached to an aromatic ring is 1. The molecule has 8 heteroatoms. The Kier molecular flexibility index (Phi) is 6.07. The quantitative estimate of drug-likeness (QED) is 0.511. The van der Waals surface area contributed by atoms with Gasteiger partial charge in [-0.2, -0.15) is 5.10 Å². The highest BCUT2D eigenvalue weighted by Gasteiger charge is 2.43. The van der Waals surface area contributed by atoms with Crippen molar-refractivity contribution in [1.29, 1.82) is 0 Å². The first kappa shape index (κ1) is 23.1. The van der Waals surface area contributed by atoms with Gasteiger partial charge in [-0.15, -0.1) is 0 Å². The summed E-state index contributed by atoms with van der Waals surface area (Å²) in [7, 11) is 1.84. The molecule has 0 saturated heterocycles. The van der Waals surface area contributed by atoms with Gasteiger partial charge in [-0.3, -0.25) is 14.5 Å². The van der Waals surface area contributed by atoms with E-state index < -0.39 is 11.7 Å². The molecule has 0 unspecified atom stereocenters. The fourth-order valence-corrected chi connectivity index (χ4v) is 4.79. The normalized spacial score (nSPS) is 25.2. The van der Waals surface area contributed by atoms with E-state index in [4.69, 9.17) is 5.73 Å². The van der Waals surface area contributed by atoms with E-state index in [-0.39, 0.29) is 29.7 Å². The minimum absolute atomic E-state index is 0.0238. The van der Waals surface area contributed by atoms with Crippen LogP contribution in [0.5, 0.6) is 0 Å². The van der Waals surface area contributed by atoms with E-state index in [0.717, 1.165) is 22.4 Å². The number of hydrogen-bond acceptors (Lipinski definition) is 7. The van der Waals surface area contributed by atoms with Crippen LogP contribution >= 0.6 is 0 Å². The van der Waals surface area contributed by atoms with E-state index in [1.165, 1.54) is 0 Å². The minimum atomic E-state index is -1.12. The Bertz CT molecular complexity index is 1170. The first-order valence-corrected chi connectivity index (χ1v) is 11.2. The van der Waals surface area contributed by atoms with E-state index in [2.05, 4.69) is 15.1 Å². The summed E-state index contributed by atoms with van der Waals surface area (Å²) in [5, 5.41) is 25.4. The molecule has 0 aromatic carbocycles. The highest BCUT2D eigenvalue weighted by molar-refractivity contribution is 6.00. The van der Waals surface area contributed by atoms with Crippen LogP contribution in [0.3, 0.4) is 0 Å². The zero-order valence-corrected chi connectivity index (χ0v) is 19.5. The second-order valence-corrected chi connectivity index (χ2v) is 9.42. The van der Waals surface area contributed by atoms with Crippen LogP contribution in [0.2, 0.25) is 0 Å². The van der Waals surface area contributed by atoms with Gasteiger partial charge < -0.3 is 15.9 Å². The largest absolute Gasteiger partial charge is 0.397 e. The van der Waals surface area contributed by atoms with Crippen LogP contribution in [0.25, 0.3) is 11.3 Å². The van der Waals surface area contributed by atoms with Gasteiger partial charge in [0.2, 0.25) is 0 Å². The lowest BCUT2D eigenvalue weighted by atomic mass is 9.68. The third-order valence-corrected chi connectivity index (χ3v) is 7.03. The predicted octanol–water partition coefficient (Wildman–Crippen LogP) is 2.82. The smallest absolute Gasteiger partial charge is 0.187 e. The number of Topliss-reactive ketones (excluding diaryl/α,β-unsaturated/α-hetero) is 1. The Morgan fingerprint density at radius 3 is 2.73 bits per heavy atom. The van der Waals surface area contributed by atoms with Gasteiger partial charge in [-0.25, -0.2) is 4.98 Å². The lowest BCUT2D eigenvalue weighted by Crippen LogP contribution is -2.49. The van der Waals surface area contributed by atoms with Crippen molar-refractivity contribution in [3.8, 4) is 11.3 Å². The number of carbonyl (C=O) groups is 1.